The number of hydrogen-bond donors (Lipinski definition) is 2. The van der Waals surface area contributed by atoms with Crippen molar-refractivity contribution in [3.8, 4) is 11.3 Å². The first kappa shape index (κ1) is 18.5. The zero-order valence-electron chi connectivity index (χ0n) is 16.6. The number of rotatable bonds is 5. The molecule has 0 aliphatic carbocycles. The third-order valence-corrected chi connectivity index (χ3v) is 5.11. The SMILES string of the molecule is CN(C)c1ccc(-c2cc3nccnc3c(NC[C@H]3CNCCN3C)n2)cn1. The maximum absolute atomic E-state index is 4.85. The van der Waals surface area contributed by atoms with E-state index in [0.717, 1.165) is 60.1 Å². The number of nitrogens with one attached hydrogen (secondary N) is 2. The molecule has 146 valence electrons. The standard InChI is InChI=1S/C20H26N8/c1-27(2)18-5-4-14(11-24-18)16-10-17-19(23-7-6-22-17)20(26-16)25-13-15-12-21-8-9-28(15)3/h4-7,10-11,15,21H,8-9,12-13H2,1-3H3,(H,25,26)/t15-/m1/s1. The Morgan fingerprint density at radius 3 is 2.82 bits per heavy atom. The van der Waals surface area contributed by atoms with Crippen molar-refractivity contribution in [1.29, 1.82) is 0 Å². The maximum Gasteiger partial charge on any atom is 0.154 e. The molecule has 4 rings (SSSR count). The minimum absolute atomic E-state index is 0.409. The van der Waals surface area contributed by atoms with E-state index in [0.29, 0.717) is 6.04 Å². The molecule has 0 saturated carbocycles. The molecule has 3 aromatic heterocycles. The Morgan fingerprint density at radius 1 is 1.21 bits per heavy atom. The van der Waals surface area contributed by atoms with Crippen LogP contribution in [0.2, 0.25) is 0 Å². The first-order valence-corrected chi connectivity index (χ1v) is 9.52. The first-order chi connectivity index (χ1) is 13.6. The third-order valence-electron chi connectivity index (χ3n) is 5.11. The topological polar surface area (TPSA) is 82.1 Å². The summed E-state index contributed by atoms with van der Waals surface area (Å²) in [7, 11) is 6.11. The van der Waals surface area contributed by atoms with E-state index in [9.17, 15) is 0 Å². The highest BCUT2D eigenvalue weighted by atomic mass is 15.2. The summed E-state index contributed by atoms with van der Waals surface area (Å²) in [5, 5.41) is 6.95. The van der Waals surface area contributed by atoms with Crippen LogP contribution in [0.1, 0.15) is 0 Å². The van der Waals surface area contributed by atoms with Crippen LogP contribution in [0, 0.1) is 0 Å². The van der Waals surface area contributed by atoms with Crippen LogP contribution in [0.3, 0.4) is 0 Å². The van der Waals surface area contributed by atoms with Crippen LogP contribution in [0.15, 0.2) is 36.8 Å². The first-order valence-electron chi connectivity index (χ1n) is 9.52. The van der Waals surface area contributed by atoms with Gasteiger partial charge in [-0.25, -0.2) is 15.0 Å². The van der Waals surface area contributed by atoms with Crippen LogP contribution in [0.5, 0.6) is 0 Å². The summed E-state index contributed by atoms with van der Waals surface area (Å²) >= 11 is 0. The summed E-state index contributed by atoms with van der Waals surface area (Å²) in [6.45, 7) is 3.83. The molecule has 0 bridgehead atoms. The van der Waals surface area contributed by atoms with Gasteiger partial charge in [0.2, 0.25) is 0 Å². The van der Waals surface area contributed by atoms with E-state index in [1.54, 1.807) is 12.4 Å². The van der Waals surface area contributed by atoms with Gasteiger partial charge in [-0.1, -0.05) is 0 Å². The van der Waals surface area contributed by atoms with Crippen molar-refractivity contribution < 1.29 is 0 Å². The molecule has 0 aromatic carbocycles. The lowest BCUT2D eigenvalue weighted by molar-refractivity contribution is 0.209. The Balaban J connectivity index is 1.65. The van der Waals surface area contributed by atoms with E-state index < -0.39 is 0 Å². The van der Waals surface area contributed by atoms with Crippen LogP contribution in [-0.2, 0) is 0 Å². The molecule has 1 atom stereocenters. The van der Waals surface area contributed by atoms with E-state index in [1.165, 1.54) is 0 Å². The predicted molar refractivity (Wildman–Crippen MR) is 113 cm³/mol. The summed E-state index contributed by atoms with van der Waals surface area (Å²) in [6, 6.07) is 6.41. The monoisotopic (exact) mass is 378 g/mol. The second kappa shape index (κ2) is 8.04. The summed E-state index contributed by atoms with van der Waals surface area (Å²) < 4.78 is 0. The fourth-order valence-corrected chi connectivity index (χ4v) is 3.35. The molecular formula is C20H26N8. The highest BCUT2D eigenvalue weighted by Crippen LogP contribution is 2.26. The minimum atomic E-state index is 0.409. The number of fused-ring (bicyclic) bond motifs is 1. The molecular weight excluding hydrogens is 352 g/mol. The quantitative estimate of drug-likeness (QED) is 0.691. The molecule has 1 fully saturated rings. The number of likely N-dealkylation sites (N-methyl/N-ethyl adjacent to an activating group) is 1. The van der Waals surface area contributed by atoms with Crippen LogP contribution < -0.4 is 15.5 Å². The van der Waals surface area contributed by atoms with Gasteiger partial charge >= 0.3 is 0 Å². The molecule has 8 heteroatoms. The summed E-state index contributed by atoms with van der Waals surface area (Å²) in [5.74, 6) is 1.67. The van der Waals surface area contributed by atoms with E-state index in [-0.39, 0.29) is 0 Å². The Labute approximate surface area is 165 Å². The summed E-state index contributed by atoms with van der Waals surface area (Å²) in [5.41, 5.74) is 3.40. The van der Waals surface area contributed by atoms with Crippen LogP contribution >= 0.6 is 0 Å². The number of piperazine rings is 1. The largest absolute Gasteiger partial charge is 0.367 e. The molecule has 1 saturated heterocycles. The fraction of sp³-hybridized carbons (Fsp3) is 0.400. The van der Waals surface area contributed by atoms with Crippen LogP contribution in [0.25, 0.3) is 22.3 Å². The second-order valence-corrected chi connectivity index (χ2v) is 7.30. The van der Waals surface area contributed by atoms with Crippen molar-refractivity contribution >= 4 is 22.7 Å². The lowest BCUT2D eigenvalue weighted by Gasteiger charge is -2.33. The summed E-state index contributed by atoms with van der Waals surface area (Å²) in [4.78, 5) is 22.7. The van der Waals surface area contributed by atoms with Crippen LogP contribution in [0.4, 0.5) is 11.6 Å². The smallest absolute Gasteiger partial charge is 0.154 e. The zero-order valence-corrected chi connectivity index (χ0v) is 16.6. The maximum atomic E-state index is 4.85. The number of aromatic nitrogens is 4. The predicted octanol–water partition coefficient (Wildman–Crippen LogP) is 1.47. The number of nitrogens with zero attached hydrogens (tertiary/aromatic N) is 6. The number of anilines is 2. The van der Waals surface area contributed by atoms with Gasteiger partial charge in [0.1, 0.15) is 11.3 Å². The van der Waals surface area contributed by atoms with Gasteiger partial charge in [0.25, 0.3) is 0 Å². The van der Waals surface area contributed by atoms with E-state index in [4.69, 9.17) is 4.98 Å². The van der Waals surface area contributed by atoms with Gasteiger partial charge in [-0.2, -0.15) is 0 Å². The molecule has 2 N–H and O–H groups in total. The van der Waals surface area contributed by atoms with Crippen molar-refractivity contribution in [3.63, 3.8) is 0 Å². The van der Waals surface area contributed by atoms with Gasteiger partial charge in [-0.3, -0.25) is 9.88 Å². The Bertz CT molecular complexity index is 941. The average molecular weight is 378 g/mol. The third kappa shape index (κ3) is 3.88. The van der Waals surface area contributed by atoms with Crippen LogP contribution in [-0.4, -0.2) is 78.2 Å². The number of pyridine rings is 2. The molecule has 0 unspecified atom stereocenters. The number of hydrogen-bond acceptors (Lipinski definition) is 8. The lowest BCUT2D eigenvalue weighted by Crippen LogP contribution is -2.52. The van der Waals surface area contributed by atoms with E-state index >= 15 is 0 Å². The molecule has 4 heterocycles. The van der Waals surface area contributed by atoms with Crippen molar-refractivity contribution in [3.05, 3.63) is 36.8 Å². The van der Waals surface area contributed by atoms with Gasteiger partial charge in [0.05, 0.1) is 11.2 Å². The van der Waals surface area contributed by atoms with Gasteiger partial charge in [0, 0.05) is 70.5 Å². The molecule has 1 aliphatic heterocycles. The molecule has 8 nitrogen and oxygen atoms in total. The van der Waals surface area contributed by atoms with Gasteiger partial charge < -0.3 is 15.5 Å². The summed E-state index contributed by atoms with van der Waals surface area (Å²) in [6.07, 6.45) is 5.27. The highest BCUT2D eigenvalue weighted by molar-refractivity contribution is 5.88. The molecule has 1 aliphatic rings. The zero-order chi connectivity index (χ0) is 19.5. The average Bonchev–Trinajstić information content (AvgIpc) is 2.73. The molecule has 3 aromatic rings. The Hall–Kier alpha value is -2.84. The van der Waals surface area contributed by atoms with E-state index in [2.05, 4.69) is 37.5 Å². The minimum Gasteiger partial charge on any atom is -0.367 e. The fourth-order valence-electron chi connectivity index (χ4n) is 3.35. The van der Waals surface area contributed by atoms with Gasteiger partial charge in [-0.05, 0) is 25.2 Å². The molecule has 28 heavy (non-hydrogen) atoms. The normalized spacial score (nSPS) is 17.6. The van der Waals surface area contributed by atoms with Crippen molar-refractivity contribution in [2.24, 2.45) is 0 Å². The van der Waals surface area contributed by atoms with Crippen molar-refractivity contribution in [2.45, 2.75) is 6.04 Å². The lowest BCUT2D eigenvalue weighted by atomic mass is 10.1. The van der Waals surface area contributed by atoms with Gasteiger partial charge in [-0.15, -0.1) is 0 Å². The Kier molecular flexibility index (Phi) is 5.31. The highest BCUT2D eigenvalue weighted by Gasteiger charge is 2.19. The molecule has 0 spiro atoms. The van der Waals surface area contributed by atoms with E-state index in [1.807, 2.05) is 43.4 Å². The molecule has 0 radical (unpaired) electrons. The van der Waals surface area contributed by atoms with Crippen molar-refractivity contribution in [2.75, 3.05) is 57.5 Å². The Morgan fingerprint density at radius 2 is 2.07 bits per heavy atom. The van der Waals surface area contributed by atoms with Gasteiger partial charge in [0.15, 0.2) is 5.82 Å². The molecule has 0 amide bonds. The van der Waals surface area contributed by atoms with Crippen molar-refractivity contribution in [1.82, 2.24) is 30.2 Å². The second-order valence-electron chi connectivity index (χ2n) is 7.30.